The van der Waals surface area contributed by atoms with Gasteiger partial charge in [-0.15, -0.1) is 0 Å². The van der Waals surface area contributed by atoms with Crippen LogP contribution in [0.15, 0.2) is 0 Å². The lowest BCUT2D eigenvalue weighted by Crippen LogP contribution is -2.50. The first-order valence-electron chi connectivity index (χ1n) is 7.48. The van der Waals surface area contributed by atoms with Crippen molar-refractivity contribution in [1.82, 2.24) is 4.90 Å². The van der Waals surface area contributed by atoms with Gasteiger partial charge in [-0.1, -0.05) is 39.5 Å². The molecule has 0 bridgehead atoms. The van der Waals surface area contributed by atoms with Crippen LogP contribution in [-0.2, 0) is 0 Å². The molecule has 1 atom stereocenters. The Morgan fingerprint density at radius 2 is 1.76 bits per heavy atom. The second kappa shape index (κ2) is 5.71. The summed E-state index contributed by atoms with van der Waals surface area (Å²) in [6.45, 7) is 7.36. The maximum Gasteiger partial charge on any atom is 0.0476 e. The molecule has 2 heteroatoms. The van der Waals surface area contributed by atoms with Crippen molar-refractivity contribution < 1.29 is 5.11 Å². The van der Waals surface area contributed by atoms with Crippen LogP contribution in [0.4, 0.5) is 0 Å². The van der Waals surface area contributed by atoms with Crippen molar-refractivity contribution in [1.29, 1.82) is 0 Å². The summed E-state index contributed by atoms with van der Waals surface area (Å²) >= 11 is 0. The molecule has 1 N–H and O–H groups in total. The smallest absolute Gasteiger partial charge is 0.0476 e. The Balaban J connectivity index is 1.94. The SMILES string of the molecule is CC1(C)CCN(C2CCCCCC2)CC1CO. The predicted octanol–water partition coefficient (Wildman–Crippen LogP) is 3.05. The second-order valence-corrected chi connectivity index (χ2v) is 6.76. The van der Waals surface area contributed by atoms with E-state index in [1.165, 1.54) is 51.5 Å². The van der Waals surface area contributed by atoms with Gasteiger partial charge >= 0.3 is 0 Å². The van der Waals surface area contributed by atoms with Crippen molar-refractivity contribution in [3.8, 4) is 0 Å². The monoisotopic (exact) mass is 239 g/mol. The van der Waals surface area contributed by atoms with E-state index in [-0.39, 0.29) is 0 Å². The summed E-state index contributed by atoms with van der Waals surface area (Å²) in [7, 11) is 0. The molecule has 1 unspecified atom stereocenters. The number of rotatable bonds is 2. The first-order valence-corrected chi connectivity index (χ1v) is 7.48. The van der Waals surface area contributed by atoms with Crippen molar-refractivity contribution in [3.05, 3.63) is 0 Å². The molecule has 2 aliphatic rings. The molecule has 17 heavy (non-hydrogen) atoms. The predicted molar refractivity (Wildman–Crippen MR) is 72.0 cm³/mol. The van der Waals surface area contributed by atoms with Crippen LogP contribution in [-0.4, -0.2) is 35.7 Å². The van der Waals surface area contributed by atoms with E-state index in [1.54, 1.807) is 0 Å². The summed E-state index contributed by atoms with van der Waals surface area (Å²) in [4.78, 5) is 2.68. The van der Waals surface area contributed by atoms with Gasteiger partial charge in [-0.25, -0.2) is 0 Å². The third-order valence-corrected chi connectivity index (χ3v) is 5.16. The van der Waals surface area contributed by atoms with Gasteiger partial charge in [0.05, 0.1) is 0 Å². The van der Waals surface area contributed by atoms with Crippen molar-refractivity contribution in [2.75, 3.05) is 19.7 Å². The van der Waals surface area contributed by atoms with Crippen LogP contribution in [0.1, 0.15) is 58.8 Å². The van der Waals surface area contributed by atoms with E-state index in [4.69, 9.17) is 0 Å². The Bertz CT molecular complexity index is 231. The minimum absolute atomic E-state index is 0.329. The third-order valence-electron chi connectivity index (χ3n) is 5.16. The van der Waals surface area contributed by atoms with Gasteiger partial charge in [0.1, 0.15) is 0 Å². The minimum Gasteiger partial charge on any atom is -0.396 e. The standard InChI is InChI=1S/C15H29NO/c1-15(2)9-10-16(11-13(15)12-17)14-7-5-3-4-6-8-14/h13-14,17H,3-12H2,1-2H3. The van der Waals surface area contributed by atoms with Crippen molar-refractivity contribution in [3.63, 3.8) is 0 Å². The fourth-order valence-electron chi connectivity index (χ4n) is 3.52. The van der Waals surface area contributed by atoms with Gasteiger partial charge in [0, 0.05) is 19.2 Å². The number of piperidine rings is 1. The molecule has 0 spiro atoms. The largest absolute Gasteiger partial charge is 0.396 e. The molecule has 1 aliphatic carbocycles. The van der Waals surface area contributed by atoms with Gasteiger partial charge in [-0.05, 0) is 37.1 Å². The first kappa shape index (κ1) is 13.4. The highest BCUT2D eigenvalue weighted by atomic mass is 16.3. The number of nitrogens with zero attached hydrogens (tertiary/aromatic N) is 1. The Kier molecular flexibility index (Phi) is 4.48. The van der Waals surface area contributed by atoms with Crippen LogP contribution in [0.2, 0.25) is 0 Å². The Hall–Kier alpha value is -0.0800. The van der Waals surface area contributed by atoms with Crippen LogP contribution in [0.3, 0.4) is 0 Å². The van der Waals surface area contributed by atoms with E-state index in [2.05, 4.69) is 18.7 Å². The maximum atomic E-state index is 9.57. The van der Waals surface area contributed by atoms with E-state index in [1.807, 2.05) is 0 Å². The van der Waals surface area contributed by atoms with Gasteiger partial charge < -0.3 is 5.11 Å². The molecule has 0 aromatic heterocycles. The molecule has 100 valence electrons. The number of aliphatic hydroxyl groups excluding tert-OH is 1. The highest BCUT2D eigenvalue weighted by Gasteiger charge is 2.37. The number of aliphatic hydroxyl groups is 1. The molecular weight excluding hydrogens is 210 g/mol. The van der Waals surface area contributed by atoms with E-state index in [9.17, 15) is 5.11 Å². The highest BCUT2D eigenvalue weighted by Crippen LogP contribution is 2.37. The topological polar surface area (TPSA) is 23.5 Å². The van der Waals surface area contributed by atoms with Gasteiger partial charge in [0.25, 0.3) is 0 Å². The highest BCUT2D eigenvalue weighted by molar-refractivity contribution is 4.89. The summed E-state index contributed by atoms with van der Waals surface area (Å²) in [6, 6.07) is 0.808. The fourth-order valence-corrected chi connectivity index (χ4v) is 3.52. The van der Waals surface area contributed by atoms with Gasteiger partial charge in [0.2, 0.25) is 0 Å². The summed E-state index contributed by atoms with van der Waals surface area (Å²) in [5.74, 6) is 0.472. The fraction of sp³-hybridized carbons (Fsp3) is 1.00. The van der Waals surface area contributed by atoms with E-state index in [0.717, 1.165) is 12.6 Å². The number of hydrogen-bond donors (Lipinski definition) is 1. The van der Waals surface area contributed by atoms with E-state index < -0.39 is 0 Å². The lowest BCUT2D eigenvalue weighted by molar-refractivity contribution is 0.000887. The molecule has 0 radical (unpaired) electrons. The van der Waals surface area contributed by atoms with Gasteiger partial charge in [-0.3, -0.25) is 4.90 Å². The summed E-state index contributed by atoms with van der Waals surface area (Å²) in [6.07, 6.45) is 9.70. The normalized spacial score (nSPS) is 32.3. The third kappa shape index (κ3) is 3.23. The lowest BCUT2D eigenvalue weighted by Gasteiger charge is -2.46. The second-order valence-electron chi connectivity index (χ2n) is 6.76. The summed E-state index contributed by atoms with van der Waals surface area (Å²) < 4.78 is 0. The minimum atomic E-state index is 0.329. The number of hydrogen-bond acceptors (Lipinski definition) is 2. The average Bonchev–Trinajstić information content (AvgIpc) is 2.57. The van der Waals surface area contributed by atoms with Crippen molar-refractivity contribution in [2.24, 2.45) is 11.3 Å². The number of likely N-dealkylation sites (tertiary alicyclic amines) is 1. The average molecular weight is 239 g/mol. The first-order chi connectivity index (χ1) is 8.13. The van der Waals surface area contributed by atoms with Crippen LogP contribution in [0.5, 0.6) is 0 Å². The molecule has 1 aliphatic heterocycles. The Morgan fingerprint density at radius 1 is 1.12 bits per heavy atom. The van der Waals surface area contributed by atoms with E-state index in [0.29, 0.717) is 17.9 Å². The molecule has 2 nitrogen and oxygen atoms in total. The van der Waals surface area contributed by atoms with Gasteiger partial charge in [0.15, 0.2) is 0 Å². The van der Waals surface area contributed by atoms with Crippen LogP contribution in [0.25, 0.3) is 0 Å². The van der Waals surface area contributed by atoms with Crippen LogP contribution >= 0.6 is 0 Å². The van der Waals surface area contributed by atoms with Crippen LogP contribution < -0.4 is 0 Å². The van der Waals surface area contributed by atoms with Crippen LogP contribution in [0, 0.1) is 11.3 Å². The summed E-state index contributed by atoms with van der Waals surface area (Å²) in [5.41, 5.74) is 0.329. The quantitative estimate of drug-likeness (QED) is 0.749. The van der Waals surface area contributed by atoms with Crippen molar-refractivity contribution in [2.45, 2.75) is 64.8 Å². The molecule has 1 heterocycles. The maximum absolute atomic E-state index is 9.57. The Labute approximate surface area is 106 Å². The lowest BCUT2D eigenvalue weighted by atomic mass is 9.73. The molecule has 0 amide bonds. The van der Waals surface area contributed by atoms with E-state index >= 15 is 0 Å². The van der Waals surface area contributed by atoms with Crippen molar-refractivity contribution >= 4 is 0 Å². The zero-order valence-corrected chi connectivity index (χ0v) is 11.6. The zero-order valence-electron chi connectivity index (χ0n) is 11.6. The molecule has 2 fully saturated rings. The summed E-state index contributed by atoms with van der Waals surface area (Å²) in [5, 5.41) is 9.57. The molecular formula is C15H29NO. The molecule has 1 saturated heterocycles. The Morgan fingerprint density at radius 3 is 2.35 bits per heavy atom. The zero-order chi connectivity index (χ0) is 12.3. The molecule has 0 aromatic rings. The molecule has 2 rings (SSSR count). The molecule has 0 aromatic carbocycles. The molecule has 1 saturated carbocycles. The van der Waals surface area contributed by atoms with Gasteiger partial charge in [-0.2, -0.15) is 0 Å².